The lowest BCUT2D eigenvalue weighted by atomic mass is 9.94. The van der Waals surface area contributed by atoms with Crippen LogP contribution in [0.2, 0.25) is 0 Å². The van der Waals surface area contributed by atoms with Gasteiger partial charge in [-0.05, 0) is 107 Å². The van der Waals surface area contributed by atoms with Gasteiger partial charge in [-0.15, -0.1) is 0 Å². The molecule has 0 heterocycles. The Labute approximate surface area is 287 Å². The van der Waals surface area contributed by atoms with Crippen molar-refractivity contribution in [1.82, 2.24) is 0 Å². The maximum Gasteiger partial charge on any atom is 0.000639 e. The molecule has 1 aliphatic carbocycles. The lowest BCUT2D eigenvalue weighted by Gasteiger charge is -2.25. The number of hydrogen-bond donors (Lipinski definition) is 0. The first-order valence-electron chi connectivity index (χ1n) is 16.9. The van der Waals surface area contributed by atoms with E-state index >= 15 is 0 Å². The topological polar surface area (TPSA) is 0 Å². The minimum absolute atomic E-state index is 0.931. The highest BCUT2D eigenvalue weighted by molar-refractivity contribution is 7.80. The van der Waals surface area contributed by atoms with E-state index < -0.39 is 7.92 Å². The second-order valence-electron chi connectivity index (χ2n) is 12.9. The average Bonchev–Trinajstić information content (AvgIpc) is 3.50. The highest BCUT2D eigenvalue weighted by Gasteiger charge is 2.27. The molecule has 0 atom stereocenters. The molecular formula is C48H31P. The van der Waals surface area contributed by atoms with E-state index in [4.69, 9.17) is 0 Å². The molecule has 228 valence electrons. The van der Waals surface area contributed by atoms with E-state index in [1.807, 2.05) is 0 Å². The third-order valence-electron chi connectivity index (χ3n) is 10.2. The summed E-state index contributed by atoms with van der Waals surface area (Å²) in [5.41, 5.74) is 10.3. The zero-order chi connectivity index (χ0) is 32.3. The standard InChI is InChI=1S/C48H31P/c1-3-12-32(13-4-1)34-22-26-37(27-23-34)49(38-28-24-35(25-29-38)33-14-5-2-6-15-33)48-39-17-8-7-16-36(39)30-44-43-21-11-20-42-40-18-9-10-19-41(40)45(47(42)43)31-46(44)48/h1-31H. The Kier molecular flexibility index (Phi) is 6.57. The number of benzene rings is 9. The SMILES string of the molecule is c1ccc(-c2ccc(P(c3ccc(-c4ccccc4)cc3)c3c4ccccc4cc4c3cc3c5c(cccc54)-c4ccccc4-3)cc2)cc1. The van der Waals surface area contributed by atoms with Crippen molar-refractivity contribution in [3.8, 4) is 44.5 Å². The summed E-state index contributed by atoms with van der Waals surface area (Å²) >= 11 is 0. The highest BCUT2D eigenvalue weighted by Crippen LogP contribution is 2.51. The molecule has 0 saturated heterocycles. The first kappa shape index (κ1) is 28.2. The number of rotatable bonds is 5. The monoisotopic (exact) mass is 638 g/mol. The minimum Gasteiger partial charge on any atom is -0.0622 e. The fraction of sp³-hybridized carbons (Fsp3) is 0. The number of hydrogen-bond acceptors (Lipinski definition) is 0. The Morgan fingerprint density at radius 1 is 0.286 bits per heavy atom. The summed E-state index contributed by atoms with van der Waals surface area (Å²) in [6.07, 6.45) is 0. The van der Waals surface area contributed by atoms with Gasteiger partial charge in [0.2, 0.25) is 0 Å². The Hall–Kier alpha value is -5.81. The molecule has 49 heavy (non-hydrogen) atoms. The predicted molar refractivity (Wildman–Crippen MR) is 213 cm³/mol. The van der Waals surface area contributed by atoms with Gasteiger partial charge in [-0.25, -0.2) is 0 Å². The maximum atomic E-state index is 2.51. The van der Waals surface area contributed by atoms with Gasteiger partial charge in [0.05, 0.1) is 0 Å². The van der Waals surface area contributed by atoms with Gasteiger partial charge >= 0.3 is 0 Å². The summed E-state index contributed by atoms with van der Waals surface area (Å²) in [4.78, 5) is 0. The van der Waals surface area contributed by atoms with Gasteiger partial charge in [0.25, 0.3) is 0 Å². The van der Waals surface area contributed by atoms with E-state index in [0.29, 0.717) is 0 Å². The summed E-state index contributed by atoms with van der Waals surface area (Å²) < 4.78 is 0. The third-order valence-corrected chi connectivity index (χ3v) is 12.7. The summed E-state index contributed by atoms with van der Waals surface area (Å²) in [7, 11) is -0.931. The van der Waals surface area contributed by atoms with Gasteiger partial charge in [-0.2, -0.15) is 0 Å². The van der Waals surface area contributed by atoms with Crippen LogP contribution in [0.5, 0.6) is 0 Å². The van der Waals surface area contributed by atoms with Crippen LogP contribution in [-0.4, -0.2) is 0 Å². The fourth-order valence-corrected chi connectivity index (χ4v) is 10.5. The van der Waals surface area contributed by atoms with Crippen molar-refractivity contribution < 1.29 is 0 Å². The summed E-state index contributed by atoms with van der Waals surface area (Å²) in [6, 6.07) is 69.9. The maximum absolute atomic E-state index is 2.51. The second kappa shape index (κ2) is 11.4. The minimum atomic E-state index is -0.931. The molecule has 0 unspecified atom stereocenters. The Bertz CT molecular complexity index is 2590. The molecule has 9 aromatic rings. The van der Waals surface area contributed by atoms with E-state index in [1.54, 1.807) is 0 Å². The molecule has 0 amide bonds. The molecule has 10 rings (SSSR count). The van der Waals surface area contributed by atoms with Crippen LogP contribution in [0.3, 0.4) is 0 Å². The molecule has 0 spiro atoms. The van der Waals surface area contributed by atoms with Gasteiger partial charge in [0.15, 0.2) is 0 Å². The first-order valence-corrected chi connectivity index (χ1v) is 18.3. The lowest BCUT2D eigenvalue weighted by Crippen LogP contribution is -2.22. The molecule has 0 fully saturated rings. The zero-order valence-electron chi connectivity index (χ0n) is 26.8. The van der Waals surface area contributed by atoms with Gasteiger partial charge in [0, 0.05) is 5.30 Å². The van der Waals surface area contributed by atoms with Crippen LogP contribution in [0, 0.1) is 0 Å². The van der Waals surface area contributed by atoms with E-state index in [9.17, 15) is 0 Å². The molecule has 0 saturated carbocycles. The van der Waals surface area contributed by atoms with Crippen molar-refractivity contribution in [3.63, 3.8) is 0 Å². The lowest BCUT2D eigenvalue weighted by molar-refractivity contribution is 1.63. The second-order valence-corrected chi connectivity index (χ2v) is 15.1. The van der Waals surface area contributed by atoms with Gasteiger partial charge < -0.3 is 0 Å². The summed E-state index contributed by atoms with van der Waals surface area (Å²) in [5.74, 6) is 0. The van der Waals surface area contributed by atoms with Crippen LogP contribution in [0.4, 0.5) is 0 Å². The Morgan fingerprint density at radius 2 is 0.776 bits per heavy atom. The van der Waals surface area contributed by atoms with Crippen molar-refractivity contribution in [2.45, 2.75) is 0 Å². The average molecular weight is 639 g/mol. The van der Waals surface area contributed by atoms with Crippen LogP contribution < -0.4 is 15.9 Å². The molecule has 0 nitrogen and oxygen atoms in total. The van der Waals surface area contributed by atoms with Crippen LogP contribution >= 0.6 is 7.92 Å². The summed E-state index contributed by atoms with van der Waals surface area (Å²) in [6.45, 7) is 0. The van der Waals surface area contributed by atoms with E-state index in [-0.39, 0.29) is 0 Å². The number of fused-ring (bicyclic) bond motifs is 6. The predicted octanol–water partition coefficient (Wildman–Crippen LogP) is 11.9. The largest absolute Gasteiger partial charge is 0.0622 e. The van der Waals surface area contributed by atoms with Crippen molar-refractivity contribution in [3.05, 3.63) is 188 Å². The van der Waals surface area contributed by atoms with E-state index in [0.717, 1.165) is 0 Å². The molecular weight excluding hydrogens is 608 g/mol. The van der Waals surface area contributed by atoms with Crippen molar-refractivity contribution >= 4 is 56.2 Å². The molecule has 0 bridgehead atoms. The van der Waals surface area contributed by atoms with Gasteiger partial charge in [-0.1, -0.05) is 176 Å². The van der Waals surface area contributed by atoms with Gasteiger partial charge in [0.1, 0.15) is 0 Å². The molecule has 1 aliphatic rings. The molecule has 9 aromatic carbocycles. The van der Waals surface area contributed by atoms with Crippen molar-refractivity contribution in [2.75, 3.05) is 0 Å². The normalized spacial score (nSPS) is 11.9. The van der Waals surface area contributed by atoms with Crippen LogP contribution in [0.25, 0.3) is 76.8 Å². The molecule has 0 N–H and O–H groups in total. The molecule has 0 aromatic heterocycles. The van der Waals surface area contributed by atoms with E-state index in [2.05, 4.69) is 188 Å². The quantitative estimate of drug-likeness (QED) is 0.1000. The van der Waals surface area contributed by atoms with Crippen LogP contribution in [-0.2, 0) is 0 Å². The zero-order valence-corrected chi connectivity index (χ0v) is 27.7. The van der Waals surface area contributed by atoms with Gasteiger partial charge in [-0.3, -0.25) is 0 Å². The Balaban J connectivity index is 1.27. The molecule has 0 radical (unpaired) electrons. The molecule has 1 heteroatoms. The van der Waals surface area contributed by atoms with Crippen molar-refractivity contribution in [2.24, 2.45) is 0 Å². The third kappa shape index (κ3) is 4.56. The Morgan fingerprint density at radius 3 is 1.41 bits per heavy atom. The van der Waals surface area contributed by atoms with Crippen LogP contribution in [0.15, 0.2) is 188 Å². The highest BCUT2D eigenvalue weighted by atomic mass is 31.1. The first-order chi connectivity index (χ1) is 24.3. The fourth-order valence-electron chi connectivity index (χ4n) is 7.90. The van der Waals surface area contributed by atoms with Crippen LogP contribution in [0.1, 0.15) is 0 Å². The smallest absolute Gasteiger partial charge is 0.000639 e. The molecule has 0 aliphatic heterocycles. The summed E-state index contributed by atoms with van der Waals surface area (Å²) in [5, 5.41) is 12.1. The van der Waals surface area contributed by atoms with Crippen molar-refractivity contribution in [1.29, 1.82) is 0 Å². The van der Waals surface area contributed by atoms with E-state index in [1.165, 1.54) is 92.7 Å².